The van der Waals surface area contributed by atoms with E-state index in [2.05, 4.69) is 48.0 Å². The van der Waals surface area contributed by atoms with Gasteiger partial charge in [0, 0.05) is 32.8 Å². The number of hydrogen-bond acceptors (Lipinski definition) is 3. The number of hydrogen-bond donors (Lipinski definition) is 0. The average molecular weight is 304 g/mol. The van der Waals surface area contributed by atoms with Crippen LogP contribution < -0.4 is 0 Å². The molecule has 0 N–H and O–H groups in total. The predicted octanol–water partition coefficient (Wildman–Crippen LogP) is 3.32. The van der Waals surface area contributed by atoms with Gasteiger partial charge in [0.25, 0.3) is 0 Å². The number of benzene rings is 1. The van der Waals surface area contributed by atoms with Crippen molar-refractivity contribution in [1.82, 2.24) is 9.80 Å². The lowest BCUT2D eigenvalue weighted by atomic mass is 9.99. The van der Waals surface area contributed by atoms with Gasteiger partial charge in [-0.1, -0.05) is 30.7 Å². The van der Waals surface area contributed by atoms with E-state index >= 15 is 0 Å². The van der Waals surface area contributed by atoms with Crippen LogP contribution in [0.25, 0.3) is 0 Å². The van der Waals surface area contributed by atoms with Gasteiger partial charge in [0.05, 0.1) is 6.61 Å². The molecule has 1 atom stereocenters. The highest BCUT2D eigenvalue weighted by Gasteiger charge is 2.19. The smallest absolute Gasteiger partial charge is 0.0589 e. The van der Waals surface area contributed by atoms with E-state index < -0.39 is 0 Å². The molecule has 1 aliphatic rings. The predicted molar refractivity (Wildman–Crippen MR) is 93.2 cm³/mol. The number of nitrogens with zero attached hydrogens (tertiary/aromatic N) is 2. The van der Waals surface area contributed by atoms with Crippen LogP contribution in [0, 0.1) is 6.92 Å². The van der Waals surface area contributed by atoms with E-state index in [0.29, 0.717) is 0 Å². The van der Waals surface area contributed by atoms with Gasteiger partial charge >= 0.3 is 0 Å². The van der Waals surface area contributed by atoms with Crippen LogP contribution in [0.1, 0.15) is 36.8 Å². The molecule has 22 heavy (non-hydrogen) atoms. The van der Waals surface area contributed by atoms with Crippen LogP contribution in [0.4, 0.5) is 0 Å². The molecule has 1 fully saturated rings. The van der Waals surface area contributed by atoms with E-state index in [0.717, 1.165) is 32.3 Å². The molecule has 0 aromatic heterocycles. The Morgan fingerprint density at radius 1 is 1.23 bits per heavy atom. The van der Waals surface area contributed by atoms with Crippen LogP contribution in [-0.4, -0.2) is 56.2 Å². The normalized spacial score (nSPS) is 19.7. The van der Waals surface area contributed by atoms with Gasteiger partial charge in [0.2, 0.25) is 0 Å². The molecular weight excluding hydrogens is 272 g/mol. The van der Waals surface area contributed by atoms with E-state index in [9.17, 15) is 0 Å². The summed E-state index contributed by atoms with van der Waals surface area (Å²) in [5.74, 6) is 0. The van der Waals surface area contributed by atoms with Crippen molar-refractivity contribution < 1.29 is 4.74 Å². The maximum absolute atomic E-state index is 5.30. The molecule has 1 aromatic carbocycles. The minimum atomic E-state index is 0.760. The van der Waals surface area contributed by atoms with Crippen molar-refractivity contribution in [2.24, 2.45) is 0 Å². The lowest BCUT2D eigenvalue weighted by molar-refractivity contribution is 0.121. The summed E-state index contributed by atoms with van der Waals surface area (Å²) < 4.78 is 5.30. The number of ether oxygens (including phenoxy) is 1. The Balaban J connectivity index is 1.89. The second kappa shape index (κ2) is 9.29. The van der Waals surface area contributed by atoms with Gasteiger partial charge in [0.1, 0.15) is 0 Å². The molecule has 1 aliphatic heterocycles. The highest BCUT2D eigenvalue weighted by molar-refractivity contribution is 5.25. The van der Waals surface area contributed by atoms with Crippen molar-refractivity contribution in [3.8, 4) is 0 Å². The van der Waals surface area contributed by atoms with Crippen molar-refractivity contribution in [1.29, 1.82) is 0 Å². The molecule has 0 aliphatic carbocycles. The average Bonchev–Trinajstić information content (AvgIpc) is 2.53. The third-order valence-corrected chi connectivity index (χ3v) is 4.97. The molecule has 0 spiro atoms. The molecule has 0 saturated carbocycles. The second-order valence-electron chi connectivity index (χ2n) is 6.61. The van der Waals surface area contributed by atoms with Crippen LogP contribution in [0.2, 0.25) is 0 Å². The van der Waals surface area contributed by atoms with Crippen molar-refractivity contribution in [3.05, 3.63) is 35.4 Å². The Hall–Kier alpha value is -0.900. The Morgan fingerprint density at radius 3 is 2.77 bits per heavy atom. The highest BCUT2D eigenvalue weighted by Crippen LogP contribution is 2.19. The lowest BCUT2D eigenvalue weighted by Gasteiger charge is -2.34. The molecule has 0 radical (unpaired) electrons. The van der Waals surface area contributed by atoms with Crippen LogP contribution in [0.3, 0.4) is 0 Å². The molecule has 1 aromatic rings. The molecule has 0 amide bonds. The summed E-state index contributed by atoms with van der Waals surface area (Å²) >= 11 is 0. The van der Waals surface area contributed by atoms with Crippen LogP contribution >= 0.6 is 0 Å². The van der Waals surface area contributed by atoms with Crippen LogP contribution in [0.5, 0.6) is 0 Å². The maximum Gasteiger partial charge on any atom is 0.0589 e. The van der Waals surface area contributed by atoms with Gasteiger partial charge in [-0.05, 0) is 50.9 Å². The summed E-state index contributed by atoms with van der Waals surface area (Å²) in [7, 11) is 4.07. The number of piperidine rings is 1. The minimum absolute atomic E-state index is 0.760. The second-order valence-corrected chi connectivity index (χ2v) is 6.61. The van der Waals surface area contributed by atoms with Gasteiger partial charge in [-0.15, -0.1) is 0 Å². The van der Waals surface area contributed by atoms with Gasteiger partial charge in [-0.2, -0.15) is 0 Å². The molecule has 3 heteroatoms. The molecule has 1 saturated heterocycles. The van der Waals surface area contributed by atoms with E-state index in [1.807, 2.05) is 0 Å². The zero-order valence-electron chi connectivity index (χ0n) is 14.6. The maximum atomic E-state index is 5.30. The summed E-state index contributed by atoms with van der Waals surface area (Å²) in [4.78, 5) is 5.10. The SMILES string of the molecule is COCCN(CC[C@H]1CCCCN1C)Cc1ccccc1C. The summed E-state index contributed by atoms with van der Waals surface area (Å²) in [5, 5.41) is 0. The highest BCUT2D eigenvalue weighted by atomic mass is 16.5. The summed E-state index contributed by atoms with van der Waals surface area (Å²) in [6.45, 7) is 7.49. The van der Waals surface area contributed by atoms with Gasteiger partial charge < -0.3 is 9.64 Å². The van der Waals surface area contributed by atoms with Crippen molar-refractivity contribution >= 4 is 0 Å². The number of methoxy groups -OCH3 is 1. The fourth-order valence-corrected chi connectivity index (χ4v) is 3.36. The quantitative estimate of drug-likeness (QED) is 0.733. The summed E-state index contributed by atoms with van der Waals surface area (Å²) in [5.41, 5.74) is 2.83. The topological polar surface area (TPSA) is 15.7 Å². The largest absolute Gasteiger partial charge is 0.383 e. The van der Waals surface area contributed by atoms with E-state index in [1.165, 1.54) is 43.4 Å². The first-order valence-electron chi connectivity index (χ1n) is 8.66. The molecule has 1 heterocycles. The van der Waals surface area contributed by atoms with Crippen molar-refractivity contribution in [2.45, 2.75) is 45.2 Å². The first kappa shape index (κ1) is 17.5. The monoisotopic (exact) mass is 304 g/mol. The molecule has 124 valence electrons. The summed E-state index contributed by atoms with van der Waals surface area (Å²) in [6, 6.07) is 9.48. The first-order valence-corrected chi connectivity index (χ1v) is 8.66. The lowest BCUT2D eigenvalue weighted by Crippen LogP contribution is -2.39. The van der Waals surface area contributed by atoms with Crippen LogP contribution in [0.15, 0.2) is 24.3 Å². The molecule has 0 bridgehead atoms. The third-order valence-electron chi connectivity index (χ3n) is 4.97. The molecule has 2 rings (SSSR count). The zero-order chi connectivity index (χ0) is 15.8. The molecule has 0 unspecified atom stereocenters. The Kier molecular flexibility index (Phi) is 7.37. The minimum Gasteiger partial charge on any atom is -0.383 e. The Bertz CT molecular complexity index is 435. The third kappa shape index (κ3) is 5.38. The fourth-order valence-electron chi connectivity index (χ4n) is 3.36. The van der Waals surface area contributed by atoms with E-state index in [1.54, 1.807) is 7.11 Å². The zero-order valence-corrected chi connectivity index (χ0v) is 14.6. The van der Waals surface area contributed by atoms with Gasteiger partial charge in [-0.3, -0.25) is 4.90 Å². The van der Waals surface area contributed by atoms with Gasteiger partial charge in [-0.25, -0.2) is 0 Å². The standard InChI is InChI=1S/C19H32N2O/c1-17-8-4-5-9-18(17)16-21(14-15-22-3)13-11-19-10-6-7-12-20(19)2/h4-5,8-9,19H,6-7,10-16H2,1-3H3/t19-/m1/s1. The number of rotatable bonds is 8. The summed E-state index contributed by atoms with van der Waals surface area (Å²) in [6.07, 6.45) is 5.39. The number of likely N-dealkylation sites (tertiary alicyclic amines) is 1. The molecule has 3 nitrogen and oxygen atoms in total. The van der Waals surface area contributed by atoms with E-state index in [-0.39, 0.29) is 0 Å². The first-order chi connectivity index (χ1) is 10.7. The van der Waals surface area contributed by atoms with Crippen molar-refractivity contribution in [2.75, 3.05) is 40.4 Å². The van der Waals surface area contributed by atoms with Crippen LogP contribution in [-0.2, 0) is 11.3 Å². The Morgan fingerprint density at radius 2 is 2.05 bits per heavy atom. The van der Waals surface area contributed by atoms with Gasteiger partial charge in [0.15, 0.2) is 0 Å². The number of aryl methyl sites for hydroxylation is 1. The molecular formula is C19H32N2O. The Labute approximate surface area is 136 Å². The van der Waals surface area contributed by atoms with E-state index in [4.69, 9.17) is 4.74 Å². The fraction of sp³-hybridized carbons (Fsp3) is 0.684. The van der Waals surface area contributed by atoms with Crippen molar-refractivity contribution in [3.63, 3.8) is 0 Å².